The van der Waals surface area contributed by atoms with E-state index in [2.05, 4.69) is 137 Å². The Morgan fingerprint density at radius 1 is 0.385 bits per heavy atom. The van der Waals surface area contributed by atoms with Crippen molar-refractivity contribution >= 4 is 77.9 Å². The minimum Gasteiger partial charge on any atom is -0.456 e. The number of aromatic nitrogens is 1. The molecule has 0 saturated carbocycles. The molecule has 2 heterocycles. The minimum absolute atomic E-state index is 0.577. The predicted molar refractivity (Wildman–Crippen MR) is 214 cm³/mol. The zero-order valence-corrected chi connectivity index (χ0v) is 28.1. The summed E-state index contributed by atoms with van der Waals surface area (Å²) in [7, 11) is 0. The van der Waals surface area contributed by atoms with Crippen LogP contribution in [0.2, 0.25) is 0 Å². The molecule has 0 N–H and O–H groups in total. The Bertz CT molecular complexity index is 2810. The highest BCUT2D eigenvalue weighted by molar-refractivity contribution is 6.13. The van der Waals surface area contributed by atoms with Crippen molar-refractivity contribution < 1.29 is 8.83 Å². The smallest absolute Gasteiger partial charge is 0.227 e. The number of nitrogens with zero attached hydrogens (tertiary/aromatic N) is 3. The first-order chi connectivity index (χ1) is 25.8. The van der Waals surface area contributed by atoms with Crippen LogP contribution in [0.4, 0.5) is 34.1 Å². The van der Waals surface area contributed by atoms with E-state index in [-0.39, 0.29) is 0 Å². The van der Waals surface area contributed by atoms with Crippen LogP contribution in [-0.2, 0) is 0 Å². The van der Waals surface area contributed by atoms with Gasteiger partial charge in [0.25, 0.3) is 0 Å². The van der Waals surface area contributed by atoms with E-state index in [0.717, 1.165) is 83.5 Å². The van der Waals surface area contributed by atoms with Crippen LogP contribution in [0.3, 0.4) is 0 Å². The van der Waals surface area contributed by atoms with Crippen molar-refractivity contribution in [3.8, 4) is 11.5 Å². The third kappa shape index (κ3) is 5.07. The number of para-hydroxylation sites is 4. The fourth-order valence-electron chi connectivity index (χ4n) is 7.24. The van der Waals surface area contributed by atoms with Gasteiger partial charge in [-0.2, -0.15) is 0 Å². The fraction of sp³-hybridized carbons (Fsp3) is 0. The van der Waals surface area contributed by atoms with Crippen LogP contribution in [0, 0.1) is 0 Å². The quantitative estimate of drug-likeness (QED) is 0.169. The van der Waals surface area contributed by atoms with Gasteiger partial charge in [-0.15, -0.1) is 0 Å². The lowest BCUT2D eigenvalue weighted by Gasteiger charge is -2.27. The van der Waals surface area contributed by atoms with Crippen LogP contribution in [-0.4, -0.2) is 4.98 Å². The van der Waals surface area contributed by atoms with Gasteiger partial charge >= 0.3 is 0 Å². The summed E-state index contributed by atoms with van der Waals surface area (Å²) in [4.78, 5) is 9.78. The van der Waals surface area contributed by atoms with Crippen molar-refractivity contribution in [1.29, 1.82) is 0 Å². The number of fused-ring (bicyclic) bond motifs is 6. The molecule has 10 aromatic rings. The Labute approximate surface area is 300 Å². The van der Waals surface area contributed by atoms with Gasteiger partial charge in [-0.1, -0.05) is 91.0 Å². The third-order valence-corrected chi connectivity index (χ3v) is 9.62. The van der Waals surface area contributed by atoms with E-state index in [1.165, 1.54) is 0 Å². The van der Waals surface area contributed by atoms with Crippen LogP contribution in [0.1, 0.15) is 0 Å². The highest BCUT2D eigenvalue weighted by atomic mass is 16.3. The van der Waals surface area contributed by atoms with Crippen LogP contribution in [0.15, 0.2) is 197 Å². The van der Waals surface area contributed by atoms with Gasteiger partial charge in [0.15, 0.2) is 5.58 Å². The standard InChI is InChI=1S/C47H31N3O2/c1-5-15-32(16-6-1)47-48-45-42(50(36-21-11-4-12-22-36)38-26-28-44-41(31-38)40-23-13-14-24-43(40)51-44)30-33-29-37(25-27-39(33)46(45)52-47)49(34-17-7-2-8-18-34)35-19-9-3-10-20-35/h1-31H. The van der Waals surface area contributed by atoms with Crippen LogP contribution in [0.25, 0.3) is 55.3 Å². The lowest BCUT2D eigenvalue weighted by Crippen LogP contribution is -2.11. The van der Waals surface area contributed by atoms with E-state index in [0.29, 0.717) is 5.89 Å². The third-order valence-electron chi connectivity index (χ3n) is 9.62. The largest absolute Gasteiger partial charge is 0.456 e. The summed E-state index contributed by atoms with van der Waals surface area (Å²) in [6, 6.07) is 64.9. The van der Waals surface area contributed by atoms with Crippen molar-refractivity contribution in [1.82, 2.24) is 4.98 Å². The second kappa shape index (κ2) is 12.3. The second-order valence-electron chi connectivity index (χ2n) is 12.8. The molecule has 0 unspecified atom stereocenters. The number of benzene rings is 8. The molecule has 5 nitrogen and oxygen atoms in total. The van der Waals surface area contributed by atoms with Crippen molar-refractivity contribution in [2.45, 2.75) is 0 Å². The summed E-state index contributed by atoms with van der Waals surface area (Å²) >= 11 is 0. The maximum absolute atomic E-state index is 6.75. The van der Waals surface area contributed by atoms with Gasteiger partial charge in [0.1, 0.15) is 16.7 Å². The van der Waals surface area contributed by atoms with Gasteiger partial charge < -0.3 is 18.6 Å². The monoisotopic (exact) mass is 669 g/mol. The summed E-state index contributed by atoms with van der Waals surface area (Å²) in [5, 5.41) is 4.15. The molecule has 0 bridgehead atoms. The van der Waals surface area contributed by atoms with Gasteiger partial charge in [-0.3, -0.25) is 0 Å². The summed E-state index contributed by atoms with van der Waals surface area (Å²) < 4.78 is 13.0. The summed E-state index contributed by atoms with van der Waals surface area (Å²) in [5.41, 5.74) is 10.2. The molecule has 0 amide bonds. The molecule has 0 saturated heterocycles. The van der Waals surface area contributed by atoms with E-state index in [1.807, 2.05) is 60.7 Å². The van der Waals surface area contributed by atoms with Gasteiger partial charge in [0.05, 0.1) is 5.69 Å². The fourth-order valence-corrected chi connectivity index (χ4v) is 7.24. The lowest BCUT2D eigenvalue weighted by molar-refractivity contribution is 0.623. The van der Waals surface area contributed by atoms with Crippen molar-refractivity contribution in [3.05, 3.63) is 188 Å². The molecule has 0 atom stereocenters. The first-order valence-corrected chi connectivity index (χ1v) is 17.4. The molecule has 0 aliphatic rings. The lowest BCUT2D eigenvalue weighted by atomic mass is 10.0. The van der Waals surface area contributed by atoms with Gasteiger partial charge in [-0.25, -0.2) is 4.98 Å². The first-order valence-electron chi connectivity index (χ1n) is 17.4. The van der Waals surface area contributed by atoms with Gasteiger partial charge in [-0.05, 0) is 102 Å². The number of furan rings is 1. The highest BCUT2D eigenvalue weighted by Gasteiger charge is 2.24. The zero-order valence-electron chi connectivity index (χ0n) is 28.1. The Balaban J connectivity index is 1.25. The molecular weight excluding hydrogens is 639 g/mol. The Morgan fingerprint density at radius 2 is 0.942 bits per heavy atom. The summed E-state index contributed by atoms with van der Waals surface area (Å²) in [6.45, 7) is 0. The maximum Gasteiger partial charge on any atom is 0.227 e. The summed E-state index contributed by atoms with van der Waals surface area (Å²) in [6.07, 6.45) is 0. The molecule has 246 valence electrons. The number of hydrogen-bond acceptors (Lipinski definition) is 5. The second-order valence-corrected chi connectivity index (χ2v) is 12.8. The maximum atomic E-state index is 6.75. The van der Waals surface area contributed by atoms with Crippen molar-refractivity contribution in [2.24, 2.45) is 0 Å². The average Bonchev–Trinajstić information content (AvgIpc) is 3.83. The van der Waals surface area contributed by atoms with Crippen LogP contribution >= 0.6 is 0 Å². The van der Waals surface area contributed by atoms with E-state index >= 15 is 0 Å². The van der Waals surface area contributed by atoms with E-state index in [1.54, 1.807) is 0 Å². The number of hydrogen-bond donors (Lipinski definition) is 0. The number of anilines is 6. The highest BCUT2D eigenvalue weighted by Crippen LogP contribution is 2.46. The van der Waals surface area contributed by atoms with Crippen LogP contribution < -0.4 is 9.80 Å². The normalized spacial score (nSPS) is 11.5. The molecule has 0 aliphatic carbocycles. The molecule has 0 spiro atoms. The molecular formula is C47H31N3O2. The minimum atomic E-state index is 0.577. The van der Waals surface area contributed by atoms with Crippen LogP contribution in [0.5, 0.6) is 0 Å². The SMILES string of the molecule is c1ccc(-c2nc3c(N(c4ccccc4)c4ccc5oc6ccccc6c5c4)cc4cc(N(c5ccccc5)c5ccccc5)ccc4c3o2)cc1. The van der Waals surface area contributed by atoms with E-state index < -0.39 is 0 Å². The average molecular weight is 670 g/mol. The topological polar surface area (TPSA) is 45.7 Å². The number of rotatable bonds is 7. The Kier molecular flexibility index (Phi) is 7.07. The molecule has 52 heavy (non-hydrogen) atoms. The molecule has 0 fully saturated rings. The zero-order chi connectivity index (χ0) is 34.4. The van der Waals surface area contributed by atoms with Gasteiger partial charge in [0.2, 0.25) is 5.89 Å². The molecule has 10 rings (SSSR count). The van der Waals surface area contributed by atoms with E-state index in [4.69, 9.17) is 13.8 Å². The van der Waals surface area contributed by atoms with Crippen molar-refractivity contribution in [3.63, 3.8) is 0 Å². The number of oxazole rings is 1. The molecule has 0 radical (unpaired) electrons. The Morgan fingerprint density at radius 3 is 1.63 bits per heavy atom. The molecule has 5 heteroatoms. The first kappa shape index (κ1) is 29.8. The van der Waals surface area contributed by atoms with Gasteiger partial charge in [0, 0.05) is 50.2 Å². The molecule has 2 aromatic heterocycles. The predicted octanol–water partition coefficient (Wildman–Crippen LogP) is 13.5. The van der Waals surface area contributed by atoms with Crippen molar-refractivity contribution in [2.75, 3.05) is 9.80 Å². The summed E-state index contributed by atoms with van der Waals surface area (Å²) in [5.74, 6) is 0.577. The molecule has 8 aromatic carbocycles. The Hall–Kier alpha value is -7.11. The molecule has 0 aliphatic heterocycles. The van der Waals surface area contributed by atoms with E-state index in [9.17, 15) is 0 Å².